The van der Waals surface area contributed by atoms with E-state index in [4.69, 9.17) is 10.7 Å². The number of rotatable bonds is 7. The summed E-state index contributed by atoms with van der Waals surface area (Å²) in [5.41, 5.74) is 9.17. The minimum Gasteiger partial charge on any atom is -0.359 e. The molecule has 4 nitrogen and oxygen atoms in total. The van der Waals surface area contributed by atoms with E-state index in [2.05, 4.69) is 42.1 Å². The summed E-state index contributed by atoms with van der Waals surface area (Å²) < 4.78 is 0. The molecule has 0 saturated carbocycles. The Kier molecular flexibility index (Phi) is 5.69. The molecule has 0 spiro atoms. The third-order valence-corrected chi connectivity index (χ3v) is 3.49. The largest absolute Gasteiger partial charge is 0.359 e. The number of nitrogens with zero attached hydrogens (tertiary/aromatic N) is 3. The molecule has 2 aromatic rings. The van der Waals surface area contributed by atoms with Crippen LogP contribution in [0.15, 0.2) is 36.5 Å². The van der Waals surface area contributed by atoms with Gasteiger partial charge in [-0.25, -0.2) is 4.98 Å². The summed E-state index contributed by atoms with van der Waals surface area (Å²) in [6.07, 6.45) is 4.84. The third kappa shape index (κ3) is 4.53. The van der Waals surface area contributed by atoms with Crippen LogP contribution in [-0.2, 0) is 19.4 Å². The van der Waals surface area contributed by atoms with Crippen LogP contribution in [0.3, 0.4) is 0 Å². The molecule has 21 heavy (non-hydrogen) atoms. The Bertz CT molecular complexity index is 554. The predicted molar refractivity (Wildman–Crippen MR) is 87.3 cm³/mol. The fourth-order valence-corrected chi connectivity index (χ4v) is 2.27. The minimum absolute atomic E-state index is 0.556. The van der Waals surface area contributed by atoms with E-state index in [0.717, 1.165) is 48.6 Å². The topological polar surface area (TPSA) is 55.0 Å². The van der Waals surface area contributed by atoms with Gasteiger partial charge in [0.2, 0.25) is 0 Å². The Morgan fingerprint density at radius 3 is 2.67 bits per heavy atom. The van der Waals surface area contributed by atoms with E-state index in [0.29, 0.717) is 6.54 Å². The monoisotopic (exact) mass is 284 g/mol. The molecule has 0 bridgehead atoms. The van der Waals surface area contributed by atoms with Crippen LogP contribution in [0, 0.1) is 0 Å². The summed E-state index contributed by atoms with van der Waals surface area (Å²) in [5.74, 6) is 0.998. The van der Waals surface area contributed by atoms with Crippen molar-refractivity contribution < 1.29 is 0 Å². The molecule has 0 aliphatic heterocycles. The molecule has 0 atom stereocenters. The maximum absolute atomic E-state index is 5.79. The lowest BCUT2D eigenvalue weighted by Crippen LogP contribution is -2.22. The van der Waals surface area contributed by atoms with Crippen molar-refractivity contribution in [3.63, 3.8) is 0 Å². The zero-order valence-electron chi connectivity index (χ0n) is 12.9. The lowest BCUT2D eigenvalue weighted by atomic mass is 10.1. The fourth-order valence-electron chi connectivity index (χ4n) is 2.27. The van der Waals surface area contributed by atoms with Crippen molar-refractivity contribution in [2.45, 2.75) is 32.7 Å². The van der Waals surface area contributed by atoms with Crippen molar-refractivity contribution >= 4 is 5.82 Å². The quantitative estimate of drug-likeness (QED) is 0.849. The molecule has 0 aromatic carbocycles. The second-order valence-corrected chi connectivity index (χ2v) is 5.27. The van der Waals surface area contributed by atoms with E-state index < -0.39 is 0 Å². The first-order valence-electron chi connectivity index (χ1n) is 7.54. The van der Waals surface area contributed by atoms with Gasteiger partial charge in [0.05, 0.1) is 0 Å². The zero-order valence-corrected chi connectivity index (χ0v) is 12.9. The van der Waals surface area contributed by atoms with Gasteiger partial charge in [0.1, 0.15) is 5.82 Å². The first-order valence-corrected chi connectivity index (χ1v) is 7.54. The smallest absolute Gasteiger partial charge is 0.128 e. The number of pyridine rings is 2. The molecule has 112 valence electrons. The fraction of sp³-hybridized carbons (Fsp3) is 0.412. The maximum atomic E-state index is 5.79. The van der Waals surface area contributed by atoms with E-state index in [1.54, 1.807) is 0 Å². The van der Waals surface area contributed by atoms with Gasteiger partial charge < -0.3 is 10.6 Å². The molecule has 0 saturated heterocycles. The molecule has 0 amide bonds. The van der Waals surface area contributed by atoms with E-state index in [-0.39, 0.29) is 0 Å². The first-order chi connectivity index (χ1) is 10.2. The van der Waals surface area contributed by atoms with Crippen LogP contribution in [0.2, 0.25) is 0 Å². The van der Waals surface area contributed by atoms with Crippen LogP contribution in [0.4, 0.5) is 5.82 Å². The summed E-state index contributed by atoms with van der Waals surface area (Å²) in [6, 6.07) is 10.2. The van der Waals surface area contributed by atoms with Crippen molar-refractivity contribution in [3.05, 3.63) is 53.5 Å². The van der Waals surface area contributed by atoms with Gasteiger partial charge in [-0.15, -0.1) is 0 Å². The average Bonchev–Trinajstić information content (AvgIpc) is 2.53. The van der Waals surface area contributed by atoms with Gasteiger partial charge in [-0.3, -0.25) is 4.98 Å². The van der Waals surface area contributed by atoms with Crippen LogP contribution in [-0.4, -0.2) is 23.6 Å². The molecule has 0 fully saturated rings. The SMILES string of the molecule is CCCc1cc(CN)cc(N(C)CCc2ccccn2)n1. The van der Waals surface area contributed by atoms with Crippen LogP contribution >= 0.6 is 0 Å². The number of hydrogen-bond donors (Lipinski definition) is 1. The lowest BCUT2D eigenvalue weighted by Gasteiger charge is -2.19. The van der Waals surface area contributed by atoms with E-state index in [1.165, 1.54) is 0 Å². The highest BCUT2D eigenvalue weighted by Gasteiger charge is 2.07. The molecular weight excluding hydrogens is 260 g/mol. The van der Waals surface area contributed by atoms with E-state index in [9.17, 15) is 0 Å². The van der Waals surface area contributed by atoms with Gasteiger partial charge in [-0.05, 0) is 36.2 Å². The normalized spacial score (nSPS) is 10.6. The molecule has 2 aromatic heterocycles. The van der Waals surface area contributed by atoms with E-state index in [1.807, 2.05) is 18.3 Å². The lowest BCUT2D eigenvalue weighted by molar-refractivity contribution is 0.817. The number of likely N-dealkylation sites (N-methyl/N-ethyl adjacent to an activating group) is 1. The number of nitrogens with two attached hydrogens (primary N) is 1. The summed E-state index contributed by atoms with van der Waals surface area (Å²) >= 11 is 0. The first kappa shape index (κ1) is 15.4. The summed E-state index contributed by atoms with van der Waals surface area (Å²) in [7, 11) is 2.07. The molecular formula is C17H24N4. The molecule has 0 unspecified atom stereocenters. The average molecular weight is 284 g/mol. The van der Waals surface area contributed by atoms with Gasteiger partial charge >= 0.3 is 0 Å². The molecule has 0 radical (unpaired) electrons. The van der Waals surface area contributed by atoms with Gasteiger partial charge in [0.25, 0.3) is 0 Å². The Labute approximate surface area is 127 Å². The standard InChI is InChI=1S/C17H24N4/c1-3-6-16-11-14(13-18)12-17(20-16)21(2)10-8-15-7-4-5-9-19-15/h4-5,7,9,11-12H,3,6,8,10,13,18H2,1-2H3. The Morgan fingerprint density at radius 2 is 2.00 bits per heavy atom. The zero-order chi connectivity index (χ0) is 15.1. The van der Waals surface area contributed by atoms with Crippen molar-refractivity contribution in [1.82, 2.24) is 9.97 Å². The van der Waals surface area contributed by atoms with Crippen molar-refractivity contribution in [2.75, 3.05) is 18.5 Å². The Hall–Kier alpha value is -1.94. The van der Waals surface area contributed by atoms with Crippen LogP contribution in [0.5, 0.6) is 0 Å². The number of anilines is 1. The third-order valence-electron chi connectivity index (χ3n) is 3.49. The highest BCUT2D eigenvalue weighted by molar-refractivity contribution is 5.42. The molecule has 4 heteroatoms. The summed E-state index contributed by atoms with van der Waals surface area (Å²) in [6.45, 7) is 3.62. The van der Waals surface area contributed by atoms with Crippen LogP contribution < -0.4 is 10.6 Å². The molecule has 0 aliphatic rings. The number of aromatic nitrogens is 2. The second kappa shape index (κ2) is 7.74. The number of aryl methyl sites for hydroxylation is 1. The molecule has 2 rings (SSSR count). The van der Waals surface area contributed by atoms with Gasteiger partial charge in [-0.1, -0.05) is 19.4 Å². The molecule has 2 N–H and O–H groups in total. The van der Waals surface area contributed by atoms with Crippen molar-refractivity contribution in [3.8, 4) is 0 Å². The van der Waals surface area contributed by atoms with Crippen molar-refractivity contribution in [1.29, 1.82) is 0 Å². The predicted octanol–water partition coefficient (Wildman–Crippen LogP) is 2.57. The molecule has 0 aliphatic carbocycles. The molecule has 2 heterocycles. The number of hydrogen-bond acceptors (Lipinski definition) is 4. The van der Waals surface area contributed by atoms with Gasteiger partial charge in [0, 0.05) is 44.1 Å². The van der Waals surface area contributed by atoms with Gasteiger partial charge in [-0.2, -0.15) is 0 Å². The van der Waals surface area contributed by atoms with Crippen molar-refractivity contribution in [2.24, 2.45) is 5.73 Å². The highest BCUT2D eigenvalue weighted by atomic mass is 15.2. The van der Waals surface area contributed by atoms with Crippen LogP contribution in [0.1, 0.15) is 30.3 Å². The second-order valence-electron chi connectivity index (χ2n) is 5.27. The summed E-state index contributed by atoms with van der Waals surface area (Å²) in [4.78, 5) is 11.3. The minimum atomic E-state index is 0.556. The maximum Gasteiger partial charge on any atom is 0.128 e. The van der Waals surface area contributed by atoms with Crippen LogP contribution in [0.25, 0.3) is 0 Å². The van der Waals surface area contributed by atoms with Gasteiger partial charge in [0.15, 0.2) is 0 Å². The Balaban J connectivity index is 2.07. The van der Waals surface area contributed by atoms with E-state index >= 15 is 0 Å². The highest BCUT2D eigenvalue weighted by Crippen LogP contribution is 2.15. The summed E-state index contributed by atoms with van der Waals surface area (Å²) in [5, 5.41) is 0. The Morgan fingerprint density at radius 1 is 1.14 bits per heavy atom.